The second-order valence-electron chi connectivity index (χ2n) is 7.97. The van der Waals surface area contributed by atoms with Crippen molar-refractivity contribution in [3.8, 4) is 11.9 Å². The normalized spacial score (nSPS) is 18.6. The van der Waals surface area contributed by atoms with Crippen LogP contribution < -0.4 is 20.1 Å². The van der Waals surface area contributed by atoms with Crippen LogP contribution in [0.3, 0.4) is 0 Å². The maximum absolute atomic E-state index is 12.6. The van der Waals surface area contributed by atoms with Crippen LogP contribution in [-0.2, 0) is 22.5 Å². The molecule has 0 spiro atoms. The van der Waals surface area contributed by atoms with E-state index in [0.29, 0.717) is 37.0 Å². The number of anilines is 2. The lowest BCUT2D eigenvalue weighted by molar-refractivity contribution is -0.117. The second-order valence-corrected chi connectivity index (χ2v) is 7.97. The van der Waals surface area contributed by atoms with E-state index in [1.807, 2.05) is 12.1 Å². The minimum absolute atomic E-state index is 0.0859. The number of carbonyl (C=O) groups is 1. The van der Waals surface area contributed by atoms with Crippen molar-refractivity contribution in [3.05, 3.63) is 29.5 Å². The van der Waals surface area contributed by atoms with E-state index in [1.54, 1.807) is 18.2 Å². The summed E-state index contributed by atoms with van der Waals surface area (Å²) in [7, 11) is 1.58. The van der Waals surface area contributed by atoms with E-state index < -0.39 is 0 Å². The molecule has 1 atom stereocenters. The highest BCUT2D eigenvalue weighted by molar-refractivity contribution is 6.01. The first-order valence-corrected chi connectivity index (χ1v) is 11.0. The van der Waals surface area contributed by atoms with Gasteiger partial charge in [-0.15, -0.1) is 0 Å². The maximum atomic E-state index is 12.6. The number of hydrogen-bond donors (Lipinski definition) is 1. The molecule has 0 aromatic carbocycles. The highest BCUT2D eigenvalue weighted by Crippen LogP contribution is 2.33. The Balaban J connectivity index is 1.42. The zero-order chi connectivity index (χ0) is 22.5. The Bertz CT molecular complexity index is 939. The van der Waals surface area contributed by atoms with Gasteiger partial charge in [0, 0.05) is 31.5 Å². The van der Waals surface area contributed by atoms with Gasteiger partial charge in [0.25, 0.3) is 0 Å². The fourth-order valence-corrected chi connectivity index (χ4v) is 3.99. The lowest BCUT2D eigenvalue weighted by Gasteiger charge is -2.31. The molecular weight excluding hydrogens is 412 g/mol. The van der Waals surface area contributed by atoms with E-state index in [0.717, 1.165) is 38.0 Å². The van der Waals surface area contributed by atoms with Crippen LogP contribution in [0.5, 0.6) is 11.9 Å². The van der Waals surface area contributed by atoms with E-state index in [4.69, 9.17) is 19.9 Å². The molecule has 0 bridgehead atoms. The minimum Gasteiger partial charge on any atom is -0.473 e. The van der Waals surface area contributed by atoms with Gasteiger partial charge >= 0.3 is 6.01 Å². The molecule has 32 heavy (non-hydrogen) atoms. The summed E-state index contributed by atoms with van der Waals surface area (Å²) in [6.45, 7) is 6.28. The highest BCUT2D eigenvalue weighted by Gasteiger charge is 2.32. The number of likely N-dealkylation sites (N-methyl/N-ethyl adjacent to an activating group) is 1. The van der Waals surface area contributed by atoms with Crippen LogP contribution in [-0.4, -0.2) is 71.8 Å². The number of amides is 1. The number of hydrogen-bond acceptors (Lipinski definition) is 9. The maximum Gasteiger partial charge on any atom is 0.320 e. The summed E-state index contributed by atoms with van der Waals surface area (Å²) in [4.78, 5) is 29.6. The summed E-state index contributed by atoms with van der Waals surface area (Å²) in [5, 5.41) is 0. The first kappa shape index (κ1) is 22.2. The minimum atomic E-state index is -0.0859. The fraction of sp³-hybridized carbons (Fsp3) is 0.545. The number of nitrogens with two attached hydrogens (primary N) is 1. The Morgan fingerprint density at radius 1 is 1.25 bits per heavy atom. The average molecular weight is 443 g/mol. The van der Waals surface area contributed by atoms with Crippen LogP contribution >= 0.6 is 0 Å². The molecule has 172 valence electrons. The number of likely N-dealkylation sites (tertiary alicyclic amines) is 1. The summed E-state index contributed by atoms with van der Waals surface area (Å²) in [5.41, 5.74) is 7.55. The van der Waals surface area contributed by atoms with Crippen molar-refractivity contribution in [2.45, 2.75) is 38.8 Å². The third-order valence-electron chi connectivity index (χ3n) is 5.74. The van der Waals surface area contributed by atoms with Crippen molar-refractivity contribution in [2.75, 3.05) is 50.6 Å². The zero-order valence-electron chi connectivity index (χ0n) is 18.6. The molecule has 0 saturated carbocycles. The fourth-order valence-electron chi connectivity index (χ4n) is 3.99. The van der Waals surface area contributed by atoms with Gasteiger partial charge in [0.2, 0.25) is 11.8 Å². The number of ether oxygens (including phenoxy) is 3. The zero-order valence-corrected chi connectivity index (χ0v) is 18.6. The van der Waals surface area contributed by atoms with Crippen LogP contribution in [0.15, 0.2) is 18.3 Å². The van der Waals surface area contributed by atoms with Crippen molar-refractivity contribution in [3.63, 3.8) is 0 Å². The van der Waals surface area contributed by atoms with Gasteiger partial charge < -0.3 is 19.9 Å². The SMILES string of the molecule is CCN1CCCC(Oc2ccc(CN3C(=O)Cc4c(N)nc(OCCOC)nc43)cn2)C1. The molecule has 2 aliphatic heterocycles. The number of methoxy groups -OCH3 is 1. The van der Waals surface area contributed by atoms with Gasteiger partial charge in [-0.25, -0.2) is 4.98 Å². The summed E-state index contributed by atoms with van der Waals surface area (Å²) < 4.78 is 16.5. The molecule has 4 rings (SSSR count). The number of piperidine rings is 1. The quantitative estimate of drug-likeness (QED) is 0.576. The van der Waals surface area contributed by atoms with Crippen LogP contribution in [0.25, 0.3) is 0 Å². The molecule has 2 aliphatic rings. The van der Waals surface area contributed by atoms with Crippen molar-refractivity contribution >= 4 is 17.5 Å². The Morgan fingerprint density at radius 2 is 2.12 bits per heavy atom. The van der Waals surface area contributed by atoms with E-state index in [2.05, 4.69) is 26.8 Å². The lowest BCUT2D eigenvalue weighted by atomic mass is 10.1. The predicted octanol–water partition coefficient (Wildman–Crippen LogP) is 1.43. The molecule has 1 unspecified atom stereocenters. The van der Waals surface area contributed by atoms with Crippen LogP contribution in [0.2, 0.25) is 0 Å². The number of aromatic nitrogens is 3. The number of rotatable bonds is 9. The average Bonchev–Trinajstić information content (AvgIpc) is 3.11. The second kappa shape index (κ2) is 10.1. The van der Waals surface area contributed by atoms with Crippen LogP contribution in [0.4, 0.5) is 11.6 Å². The Hall–Kier alpha value is -2.98. The van der Waals surface area contributed by atoms with Gasteiger partial charge in [0.15, 0.2) is 0 Å². The smallest absolute Gasteiger partial charge is 0.320 e. The van der Waals surface area contributed by atoms with Gasteiger partial charge in [-0.1, -0.05) is 13.0 Å². The van der Waals surface area contributed by atoms with Crippen molar-refractivity contribution < 1.29 is 19.0 Å². The first-order valence-electron chi connectivity index (χ1n) is 11.0. The summed E-state index contributed by atoms with van der Waals surface area (Å²) in [5.74, 6) is 1.26. The Kier molecular flexibility index (Phi) is 7.01. The number of nitrogen functional groups attached to an aromatic ring is 1. The molecule has 1 fully saturated rings. The topological polar surface area (TPSA) is 116 Å². The molecule has 4 heterocycles. The lowest BCUT2D eigenvalue weighted by Crippen LogP contribution is -2.40. The predicted molar refractivity (Wildman–Crippen MR) is 119 cm³/mol. The van der Waals surface area contributed by atoms with E-state index in [1.165, 1.54) is 0 Å². The molecule has 0 radical (unpaired) electrons. The molecule has 10 heteroatoms. The molecule has 1 saturated heterocycles. The molecule has 2 aromatic rings. The molecule has 2 N–H and O–H groups in total. The van der Waals surface area contributed by atoms with E-state index >= 15 is 0 Å². The van der Waals surface area contributed by atoms with Crippen molar-refractivity contribution in [1.29, 1.82) is 0 Å². The van der Waals surface area contributed by atoms with Gasteiger partial charge in [0.1, 0.15) is 24.3 Å². The molecule has 0 aliphatic carbocycles. The van der Waals surface area contributed by atoms with Gasteiger partial charge in [-0.2, -0.15) is 9.97 Å². The van der Waals surface area contributed by atoms with Crippen molar-refractivity contribution in [2.24, 2.45) is 0 Å². The molecular formula is C22H30N6O4. The van der Waals surface area contributed by atoms with Crippen molar-refractivity contribution in [1.82, 2.24) is 19.9 Å². The molecule has 1 amide bonds. The standard InChI is InChI=1S/C22H30N6O4/c1-3-27-8-4-5-16(14-27)32-18-7-6-15(12-24-18)13-28-19(29)11-17-20(23)25-22(26-21(17)28)31-10-9-30-2/h6-7,12,16H,3-5,8-11,13-14H2,1-2H3,(H2,23,25,26). The number of pyridine rings is 1. The number of carbonyl (C=O) groups excluding carboxylic acids is 1. The van der Waals surface area contributed by atoms with Gasteiger partial charge in [0.05, 0.1) is 19.6 Å². The summed E-state index contributed by atoms with van der Waals surface area (Å²) in [6, 6.07) is 3.91. The van der Waals surface area contributed by atoms with Gasteiger partial charge in [-0.05, 0) is 31.5 Å². The Labute approximate surface area is 187 Å². The van der Waals surface area contributed by atoms with E-state index in [9.17, 15) is 4.79 Å². The number of fused-ring (bicyclic) bond motifs is 1. The summed E-state index contributed by atoms with van der Waals surface area (Å²) >= 11 is 0. The third-order valence-corrected chi connectivity index (χ3v) is 5.74. The Morgan fingerprint density at radius 3 is 2.88 bits per heavy atom. The molecule has 2 aromatic heterocycles. The largest absolute Gasteiger partial charge is 0.473 e. The van der Waals surface area contributed by atoms with Crippen LogP contribution in [0.1, 0.15) is 30.9 Å². The third kappa shape index (κ3) is 5.08. The monoisotopic (exact) mass is 442 g/mol. The highest BCUT2D eigenvalue weighted by atomic mass is 16.5. The molecule has 10 nitrogen and oxygen atoms in total. The summed E-state index contributed by atoms with van der Waals surface area (Å²) in [6.07, 6.45) is 4.24. The number of nitrogens with zero attached hydrogens (tertiary/aromatic N) is 5. The van der Waals surface area contributed by atoms with E-state index in [-0.39, 0.29) is 30.3 Å². The first-order chi connectivity index (χ1) is 15.6. The van der Waals surface area contributed by atoms with Gasteiger partial charge in [-0.3, -0.25) is 14.6 Å². The van der Waals surface area contributed by atoms with Crippen LogP contribution in [0, 0.1) is 0 Å².